The van der Waals surface area contributed by atoms with Crippen molar-refractivity contribution in [3.05, 3.63) is 83.3 Å². The second-order valence-corrected chi connectivity index (χ2v) is 9.27. The minimum Gasteiger partial charge on any atom is -0.497 e. The van der Waals surface area contributed by atoms with Gasteiger partial charge in [-0.1, -0.05) is 12.1 Å². The van der Waals surface area contributed by atoms with Crippen LogP contribution in [-0.2, 0) is 0 Å². The number of rotatable bonds is 7. The van der Waals surface area contributed by atoms with Crippen LogP contribution in [0.25, 0.3) is 33.2 Å². The van der Waals surface area contributed by atoms with E-state index in [1.807, 2.05) is 25.1 Å². The maximum Gasteiger partial charge on any atom is 0.255 e. The van der Waals surface area contributed by atoms with E-state index in [1.54, 1.807) is 49.3 Å². The Morgan fingerprint density at radius 3 is 2.46 bits per heavy atom. The summed E-state index contributed by atoms with van der Waals surface area (Å²) in [5.41, 5.74) is 16.0. The molecule has 4 N–H and O–H groups in total. The number of halogens is 1. The number of hydrogen-bond acceptors (Lipinski definition) is 5. The van der Waals surface area contributed by atoms with Gasteiger partial charge in [0.1, 0.15) is 11.6 Å². The van der Waals surface area contributed by atoms with Crippen molar-refractivity contribution in [1.82, 2.24) is 9.88 Å². The number of aromatic nitrogens is 1. The molecular formula is C29H29FN4O3. The Balaban J connectivity index is 2.00. The summed E-state index contributed by atoms with van der Waals surface area (Å²) < 4.78 is 19.7. The molecule has 1 heterocycles. The van der Waals surface area contributed by atoms with Gasteiger partial charge in [-0.3, -0.25) is 14.6 Å². The number of amides is 2. The summed E-state index contributed by atoms with van der Waals surface area (Å²) >= 11 is 0. The normalized spacial score (nSPS) is 11.8. The molecular weight excluding hydrogens is 471 g/mol. The fraction of sp³-hybridized carbons (Fsp3) is 0.207. The standard InChI is InChI=1S/C29H29FN4O3/c1-16-7-20(10-22(30)8-16)25-14-33-26-6-5-18(19-9-21(28(32)35)12-23(11-19)37-4)13-24(26)27(25)29(36)34(3)15-17(2)31/h5-14,17H,15,31H2,1-4H3,(H2,32,35)/t17-/m0/s1. The van der Waals surface area contributed by atoms with Crippen molar-refractivity contribution < 1.29 is 18.7 Å². The molecule has 0 saturated heterocycles. The lowest BCUT2D eigenvalue weighted by atomic mass is 9.93. The Hall–Kier alpha value is -4.30. The van der Waals surface area contributed by atoms with E-state index in [0.29, 0.717) is 51.0 Å². The minimum absolute atomic E-state index is 0.235. The summed E-state index contributed by atoms with van der Waals surface area (Å²) in [7, 11) is 3.19. The van der Waals surface area contributed by atoms with Crippen molar-refractivity contribution in [2.45, 2.75) is 19.9 Å². The van der Waals surface area contributed by atoms with E-state index < -0.39 is 11.7 Å². The number of primary amides is 1. The zero-order valence-corrected chi connectivity index (χ0v) is 21.2. The summed E-state index contributed by atoms with van der Waals surface area (Å²) in [6.07, 6.45) is 1.60. The Labute approximate surface area is 214 Å². The lowest BCUT2D eigenvalue weighted by molar-refractivity contribution is 0.0791. The van der Waals surface area contributed by atoms with Crippen LogP contribution in [0, 0.1) is 12.7 Å². The van der Waals surface area contributed by atoms with Crippen LogP contribution in [0.3, 0.4) is 0 Å². The van der Waals surface area contributed by atoms with Crippen LogP contribution in [0.2, 0.25) is 0 Å². The maximum absolute atomic E-state index is 14.4. The summed E-state index contributed by atoms with van der Waals surface area (Å²) in [5, 5.41) is 0.585. The molecule has 37 heavy (non-hydrogen) atoms. The first-order chi connectivity index (χ1) is 17.6. The zero-order chi connectivity index (χ0) is 26.9. The smallest absolute Gasteiger partial charge is 0.255 e. The Bertz CT molecular complexity index is 1500. The number of aryl methyl sites for hydroxylation is 1. The zero-order valence-electron chi connectivity index (χ0n) is 21.2. The van der Waals surface area contributed by atoms with Crippen molar-refractivity contribution in [1.29, 1.82) is 0 Å². The number of nitrogens with zero attached hydrogens (tertiary/aromatic N) is 2. The molecule has 0 saturated carbocycles. The molecule has 7 nitrogen and oxygen atoms in total. The summed E-state index contributed by atoms with van der Waals surface area (Å²) in [5.74, 6) is -0.773. The topological polar surface area (TPSA) is 112 Å². The quantitative estimate of drug-likeness (QED) is 0.387. The average molecular weight is 501 g/mol. The molecule has 0 aliphatic heterocycles. The molecule has 0 aliphatic rings. The number of fused-ring (bicyclic) bond motifs is 1. The molecule has 3 aromatic carbocycles. The predicted octanol–water partition coefficient (Wildman–Crippen LogP) is 4.54. The van der Waals surface area contributed by atoms with Gasteiger partial charge in [-0.2, -0.15) is 0 Å². The number of pyridine rings is 1. The molecule has 4 aromatic rings. The second-order valence-electron chi connectivity index (χ2n) is 9.27. The first-order valence-electron chi connectivity index (χ1n) is 11.8. The number of methoxy groups -OCH3 is 1. The summed E-state index contributed by atoms with van der Waals surface area (Å²) in [4.78, 5) is 31.8. The first kappa shape index (κ1) is 25.8. The molecule has 0 aliphatic carbocycles. The van der Waals surface area contributed by atoms with Crippen molar-refractivity contribution >= 4 is 22.7 Å². The highest BCUT2D eigenvalue weighted by Gasteiger charge is 2.23. The van der Waals surface area contributed by atoms with E-state index in [9.17, 15) is 14.0 Å². The van der Waals surface area contributed by atoms with Crippen LogP contribution in [0.1, 0.15) is 33.2 Å². The number of ether oxygens (including phenoxy) is 1. The van der Waals surface area contributed by atoms with Crippen LogP contribution in [-0.4, -0.2) is 48.4 Å². The van der Waals surface area contributed by atoms with Crippen molar-refractivity contribution in [2.75, 3.05) is 20.7 Å². The summed E-state index contributed by atoms with van der Waals surface area (Å²) in [6, 6.07) is 14.9. The molecule has 0 fully saturated rings. The SMILES string of the molecule is COc1cc(C(N)=O)cc(-c2ccc3ncc(-c4cc(C)cc(F)c4)c(C(=O)N(C)C[C@H](C)N)c3c2)c1. The molecule has 190 valence electrons. The molecule has 0 spiro atoms. The van der Waals surface area contributed by atoms with Gasteiger partial charge in [-0.25, -0.2) is 4.39 Å². The fourth-order valence-corrected chi connectivity index (χ4v) is 4.44. The van der Waals surface area contributed by atoms with E-state index >= 15 is 0 Å². The number of carbonyl (C=O) groups is 2. The highest BCUT2D eigenvalue weighted by atomic mass is 19.1. The Morgan fingerprint density at radius 2 is 1.81 bits per heavy atom. The molecule has 0 unspecified atom stereocenters. The van der Waals surface area contributed by atoms with Crippen LogP contribution in [0.5, 0.6) is 5.75 Å². The number of hydrogen-bond donors (Lipinski definition) is 2. The highest BCUT2D eigenvalue weighted by molar-refractivity contribution is 6.12. The van der Waals surface area contributed by atoms with E-state index in [2.05, 4.69) is 4.98 Å². The molecule has 8 heteroatoms. The van der Waals surface area contributed by atoms with Crippen molar-refractivity contribution in [3.63, 3.8) is 0 Å². The maximum atomic E-state index is 14.4. The van der Waals surface area contributed by atoms with E-state index in [1.165, 1.54) is 19.2 Å². The van der Waals surface area contributed by atoms with Crippen LogP contribution >= 0.6 is 0 Å². The van der Waals surface area contributed by atoms with E-state index in [-0.39, 0.29) is 11.9 Å². The van der Waals surface area contributed by atoms with Gasteiger partial charge in [0.2, 0.25) is 5.91 Å². The largest absolute Gasteiger partial charge is 0.497 e. The molecule has 1 aromatic heterocycles. The Morgan fingerprint density at radius 1 is 1.05 bits per heavy atom. The predicted molar refractivity (Wildman–Crippen MR) is 143 cm³/mol. The van der Waals surface area contributed by atoms with E-state index in [0.717, 1.165) is 11.1 Å². The number of carbonyl (C=O) groups excluding carboxylic acids is 2. The monoisotopic (exact) mass is 500 g/mol. The molecule has 2 amide bonds. The molecule has 4 rings (SSSR count). The van der Waals surface area contributed by atoms with Gasteiger partial charge in [0.05, 0.1) is 18.2 Å². The van der Waals surface area contributed by atoms with Gasteiger partial charge >= 0.3 is 0 Å². The number of likely N-dealkylation sites (N-methyl/N-ethyl adjacent to an activating group) is 1. The van der Waals surface area contributed by atoms with Crippen LogP contribution in [0.15, 0.2) is 60.8 Å². The van der Waals surface area contributed by atoms with Crippen molar-refractivity contribution in [3.8, 4) is 28.0 Å². The number of nitrogens with two attached hydrogens (primary N) is 2. The second kappa shape index (κ2) is 10.4. The van der Waals surface area contributed by atoms with Gasteiger partial charge < -0.3 is 21.1 Å². The molecule has 1 atom stereocenters. The lowest BCUT2D eigenvalue weighted by Gasteiger charge is -2.22. The van der Waals surface area contributed by atoms with Crippen LogP contribution in [0.4, 0.5) is 4.39 Å². The fourth-order valence-electron chi connectivity index (χ4n) is 4.44. The third-order valence-corrected chi connectivity index (χ3v) is 6.10. The van der Waals surface area contributed by atoms with Crippen LogP contribution < -0.4 is 16.2 Å². The third kappa shape index (κ3) is 5.44. The lowest BCUT2D eigenvalue weighted by Crippen LogP contribution is -2.37. The summed E-state index contributed by atoms with van der Waals surface area (Å²) in [6.45, 7) is 3.95. The highest BCUT2D eigenvalue weighted by Crippen LogP contribution is 2.34. The first-order valence-corrected chi connectivity index (χ1v) is 11.8. The van der Waals surface area contributed by atoms with Gasteiger partial charge in [0, 0.05) is 42.3 Å². The average Bonchev–Trinajstić information content (AvgIpc) is 2.85. The third-order valence-electron chi connectivity index (χ3n) is 6.10. The van der Waals surface area contributed by atoms with Gasteiger partial charge in [0.15, 0.2) is 0 Å². The van der Waals surface area contributed by atoms with Gasteiger partial charge in [-0.15, -0.1) is 0 Å². The van der Waals surface area contributed by atoms with E-state index in [4.69, 9.17) is 16.2 Å². The van der Waals surface area contributed by atoms with Crippen molar-refractivity contribution in [2.24, 2.45) is 11.5 Å². The van der Waals surface area contributed by atoms with Gasteiger partial charge in [0.25, 0.3) is 5.91 Å². The molecule has 0 bridgehead atoms. The number of benzene rings is 3. The molecule has 0 radical (unpaired) electrons. The van der Waals surface area contributed by atoms with Gasteiger partial charge in [-0.05, 0) is 78.6 Å². The minimum atomic E-state index is -0.584. The Kier molecular flexibility index (Phi) is 7.22.